The first-order chi connectivity index (χ1) is 19.5. The number of fused-ring (bicyclic) bond motifs is 5. The number of allylic oxidation sites excluding steroid dienone is 2. The molecule has 2 aromatic carbocycles. The standard InChI is InChI=1S/C29H25BrCl2N2O7/c30-13-34-26(40)28(31)12-18-16(8-9-17-21(18)25(39)33(24(17)38)11-3-6-20(36)37)23(29(28,32)27(34)41)22-15-5-2-1-4-14(15)7-10-19(22)35/h1-2,4-5,7-8,10,17-18,21,23,35H,3,6,9,11-13H2,(H,36,37)/t17-,18+,21-,23+,28+,29-/m0/s1. The predicted molar refractivity (Wildman–Crippen MR) is 153 cm³/mol. The van der Waals surface area contributed by atoms with Crippen LogP contribution in [0.2, 0.25) is 0 Å². The zero-order valence-electron chi connectivity index (χ0n) is 21.6. The third-order valence-corrected chi connectivity index (χ3v) is 11.0. The second-order valence-electron chi connectivity index (χ2n) is 11.0. The van der Waals surface area contributed by atoms with Gasteiger partial charge in [0.1, 0.15) is 5.75 Å². The van der Waals surface area contributed by atoms with Crippen LogP contribution in [0.25, 0.3) is 10.8 Å². The lowest BCUT2D eigenvalue weighted by atomic mass is 9.56. The summed E-state index contributed by atoms with van der Waals surface area (Å²) >= 11 is 17.7. The minimum atomic E-state index is -2.02. The van der Waals surface area contributed by atoms with Gasteiger partial charge in [0.15, 0.2) is 9.75 Å². The molecule has 214 valence electrons. The highest BCUT2D eigenvalue weighted by molar-refractivity contribution is 9.09. The maximum atomic E-state index is 14.0. The highest BCUT2D eigenvalue weighted by Gasteiger charge is 2.76. The number of carbonyl (C=O) groups is 5. The molecule has 0 radical (unpaired) electrons. The lowest BCUT2D eigenvalue weighted by Gasteiger charge is -2.51. The fourth-order valence-electron chi connectivity index (χ4n) is 7.33. The maximum absolute atomic E-state index is 14.0. The number of hydrogen-bond donors (Lipinski definition) is 2. The van der Waals surface area contributed by atoms with E-state index in [1.54, 1.807) is 24.3 Å². The fourth-order valence-corrected chi connectivity index (χ4v) is 8.74. The monoisotopic (exact) mass is 662 g/mol. The summed E-state index contributed by atoms with van der Waals surface area (Å²) in [6.45, 7) is -0.0349. The molecule has 2 aliphatic heterocycles. The van der Waals surface area contributed by atoms with Crippen molar-refractivity contribution in [2.75, 3.05) is 12.0 Å². The van der Waals surface area contributed by atoms with E-state index in [1.807, 2.05) is 12.1 Å². The number of rotatable bonds is 6. The van der Waals surface area contributed by atoms with Crippen molar-refractivity contribution >= 4 is 79.5 Å². The summed E-state index contributed by atoms with van der Waals surface area (Å²) in [6.07, 6.45) is 1.74. The van der Waals surface area contributed by atoms with Crippen LogP contribution < -0.4 is 0 Å². The fraction of sp³-hybridized carbons (Fsp3) is 0.414. The zero-order chi connectivity index (χ0) is 29.4. The summed E-state index contributed by atoms with van der Waals surface area (Å²) in [4.78, 5) is 64.0. The van der Waals surface area contributed by atoms with Gasteiger partial charge in [0.25, 0.3) is 11.8 Å². The number of phenolic OH excluding ortho intramolecular Hbond substituents is 1. The average Bonchev–Trinajstić information content (AvgIpc) is 3.27. The number of carboxylic acids is 1. The number of imide groups is 2. The molecular formula is C29H25BrCl2N2O7. The van der Waals surface area contributed by atoms with Crippen LogP contribution >= 0.6 is 39.1 Å². The minimum Gasteiger partial charge on any atom is -0.508 e. The second kappa shape index (κ2) is 9.81. The predicted octanol–water partition coefficient (Wildman–Crippen LogP) is 4.12. The number of hydrogen-bond acceptors (Lipinski definition) is 6. The maximum Gasteiger partial charge on any atom is 0.303 e. The summed E-state index contributed by atoms with van der Waals surface area (Å²) in [5.74, 6) is -6.85. The van der Waals surface area contributed by atoms with E-state index in [1.165, 1.54) is 6.07 Å². The minimum absolute atomic E-state index is 0.0349. The van der Waals surface area contributed by atoms with Gasteiger partial charge < -0.3 is 10.2 Å². The third kappa shape index (κ3) is 3.76. The van der Waals surface area contributed by atoms with Crippen molar-refractivity contribution in [3.8, 4) is 5.75 Å². The van der Waals surface area contributed by atoms with Crippen LogP contribution in [0.3, 0.4) is 0 Å². The van der Waals surface area contributed by atoms with Crippen LogP contribution in [-0.4, -0.2) is 71.4 Å². The van der Waals surface area contributed by atoms with E-state index in [2.05, 4.69) is 15.9 Å². The van der Waals surface area contributed by atoms with E-state index in [0.717, 1.165) is 15.2 Å². The highest BCUT2D eigenvalue weighted by Crippen LogP contribution is 2.66. The zero-order valence-corrected chi connectivity index (χ0v) is 24.7. The number of aliphatic carboxylic acids is 1. The molecule has 2 aliphatic carbocycles. The van der Waals surface area contributed by atoms with Crippen LogP contribution in [0.5, 0.6) is 5.75 Å². The number of phenols is 1. The first kappa shape index (κ1) is 28.2. The van der Waals surface area contributed by atoms with Crippen molar-refractivity contribution < 1.29 is 34.2 Å². The number of aromatic hydroxyl groups is 1. The third-order valence-electron chi connectivity index (χ3n) is 9.11. The molecule has 0 spiro atoms. The number of carboxylic acid groups (broad SMARTS) is 1. The molecule has 4 aliphatic rings. The number of halogens is 3. The molecule has 4 amide bonds. The van der Waals surface area contributed by atoms with E-state index in [9.17, 15) is 29.1 Å². The Kier molecular flexibility index (Phi) is 6.75. The van der Waals surface area contributed by atoms with Crippen molar-refractivity contribution in [1.29, 1.82) is 0 Å². The smallest absolute Gasteiger partial charge is 0.303 e. The lowest BCUT2D eigenvalue weighted by Crippen LogP contribution is -2.60. The SMILES string of the molecule is O=C(O)CCCN1C(=O)[C@H]2[C@H](CC=C3[C@H]2C[C@@]2(Cl)C(=O)N(CBr)C(=O)[C@@]2(Cl)[C@H]3c2c(O)ccc3ccccc23)C1=O. The molecule has 9 nitrogen and oxygen atoms in total. The molecule has 12 heteroatoms. The van der Waals surface area contributed by atoms with Crippen LogP contribution in [0.4, 0.5) is 0 Å². The Morgan fingerprint density at radius 2 is 1.73 bits per heavy atom. The first-order valence-electron chi connectivity index (χ1n) is 13.2. The average molecular weight is 664 g/mol. The van der Waals surface area contributed by atoms with E-state index < -0.39 is 63.0 Å². The topological polar surface area (TPSA) is 132 Å². The Morgan fingerprint density at radius 3 is 2.44 bits per heavy atom. The number of nitrogens with zero attached hydrogens (tertiary/aromatic N) is 2. The van der Waals surface area contributed by atoms with Gasteiger partial charge in [-0.25, -0.2) is 0 Å². The van der Waals surface area contributed by atoms with Crippen molar-refractivity contribution in [2.45, 2.75) is 41.3 Å². The molecule has 0 unspecified atom stereocenters. The normalized spacial score (nSPS) is 32.7. The van der Waals surface area contributed by atoms with Crippen LogP contribution in [-0.2, 0) is 24.0 Å². The molecule has 2 aromatic rings. The van der Waals surface area contributed by atoms with Crippen LogP contribution in [0, 0.1) is 17.8 Å². The molecule has 41 heavy (non-hydrogen) atoms. The lowest BCUT2D eigenvalue weighted by molar-refractivity contribution is -0.142. The van der Waals surface area contributed by atoms with Crippen molar-refractivity contribution in [3.63, 3.8) is 0 Å². The molecule has 0 aromatic heterocycles. The van der Waals surface area contributed by atoms with E-state index in [4.69, 9.17) is 28.3 Å². The molecule has 0 bridgehead atoms. The molecule has 2 heterocycles. The van der Waals surface area contributed by atoms with Crippen molar-refractivity contribution in [2.24, 2.45) is 17.8 Å². The van der Waals surface area contributed by atoms with E-state index in [-0.39, 0.29) is 43.4 Å². The number of benzene rings is 2. The molecule has 1 saturated carbocycles. The van der Waals surface area contributed by atoms with Crippen LogP contribution in [0.1, 0.15) is 37.2 Å². The number of carbonyl (C=O) groups excluding carboxylic acids is 4. The van der Waals surface area contributed by atoms with Gasteiger partial charge >= 0.3 is 5.97 Å². The molecular weight excluding hydrogens is 639 g/mol. The van der Waals surface area contributed by atoms with Crippen molar-refractivity contribution in [3.05, 3.63) is 53.6 Å². The Balaban J connectivity index is 1.54. The molecule has 2 saturated heterocycles. The quantitative estimate of drug-likeness (QED) is 0.206. The number of alkyl halides is 3. The van der Waals surface area contributed by atoms with Gasteiger partial charge in [-0.3, -0.25) is 33.8 Å². The van der Waals surface area contributed by atoms with Crippen LogP contribution in [0.15, 0.2) is 48.0 Å². The highest BCUT2D eigenvalue weighted by atomic mass is 79.9. The number of likely N-dealkylation sites (tertiary alicyclic amines) is 2. The van der Waals surface area contributed by atoms with Gasteiger partial charge in [-0.05, 0) is 42.0 Å². The Labute approximate surface area is 253 Å². The van der Waals surface area contributed by atoms with E-state index >= 15 is 0 Å². The summed E-state index contributed by atoms with van der Waals surface area (Å²) < 4.78 is 0. The van der Waals surface area contributed by atoms with Gasteiger partial charge in [0.2, 0.25) is 11.8 Å². The molecule has 2 N–H and O–H groups in total. The first-order valence-corrected chi connectivity index (χ1v) is 15.1. The summed E-state index contributed by atoms with van der Waals surface area (Å²) in [7, 11) is 0. The summed E-state index contributed by atoms with van der Waals surface area (Å²) in [5.41, 5.74) is 0.757. The Bertz CT molecular complexity index is 1580. The van der Waals surface area contributed by atoms with Gasteiger partial charge in [0.05, 0.1) is 17.3 Å². The molecule has 3 fully saturated rings. The molecule has 6 rings (SSSR count). The largest absolute Gasteiger partial charge is 0.508 e. The van der Waals surface area contributed by atoms with Gasteiger partial charge in [0, 0.05) is 24.4 Å². The molecule has 6 atom stereocenters. The summed E-state index contributed by atoms with van der Waals surface area (Å²) in [5, 5.41) is 21.7. The van der Waals surface area contributed by atoms with Crippen molar-refractivity contribution in [1.82, 2.24) is 9.80 Å². The van der Waals surface area contributed by atoms with Gasteiger partial charge in [-0.1, -0.05) is 57.9 Å². The Morgan fingerprint density at radius 1 is 1.00 bits per heavy atom. The van der Waals surface area contributed by atoms with Gasteiger partial charge in [-0.15, -0.1) is 23.2 Å². The summed E-state index contributed by atoms with van der Waals surface area (Å²) in [6, 6.07) is 10.5. The van der Waals surface area contributed by atoms with Gasteiger partial charge in [-0.2, -0.15) is 0 Å². The van der Waals surface area contributed by atoms with E-state index in [0.29, 0.717) is 16.5 Å². The Hall–Kier alpha value is -2.95. The number of amides is 4. The second-order valence-corrected chi connectivity index (χ2v) is 12.8.